The Labute approximate surface area is 81.9 Å². The summed E-state index contributed by atoms with van der Waals surface area (Å²) in [6.07, 6.45) is 5.65. The zero-order valence-corrected chi connectivity index (χ0v) is 9.00. The molecular weight excluding hydrogens is 162 g/mol. The number of aliphatic hydroxyl groups is 1. The van der Waals surface area contributed by atoms with E-state index in [2.05, 4.69) is 18.7 Å². The summed E-state index contributed by atoms with van der Waals surface area (Å²) in [6, 6.07) is 0.419. The Balaban J connectivity index is 2.39. The average molecular weight is 185 g/mol. The average Bonchev–Trinajstić information content (AvgIpc) is 2.59. The van der Waals surface area contributed by atoms with Crippen LogP contribution < -0.4 is 0 Å². The minimum atomic E-state index is -0.104. The maximum atomic E-state index is 9.93. The molecule has 1 saturated heterocycles. The summed E-state index contributed by atoms with van der Waals surface area (Å²) in [6.45, 7) is 6.71. The van der Waals surface area contributed by atoms with E-state index in [0.29, 0.717) is 6.04 Å². The molecule has 2 nitrogen and oxygen atoms in total. The first-order chi connectivity index (χ1) is 6.29. The minimum Gasteiger partial charge on any atom is -0.391 e. The number of nitrogens with zero attached hydrogens (tertiary/aromatic N) is 1. The van der Waals surface area contributed by atoms with Gasteiger partial charge in [-0.2, -0.15) is 0 Å². The zero-order chi connectivity index (χ0) is 9.68. The van der Waals surface area contributed by atoms with Crippen LogP contribution >= 0.6 is 0 Å². The molecule has 0 spiro atoms. The molecule has 0 saturated carbocycles. The second-order valence-electron chi connectivity index (χ2n) is 4.07. The number of hydrogen-bond acceptors (Lipinski definition) is 2. The fraction of sp³-hybridized carbons (Fsp3) is 1.00. The van der Waals surface area contributed by atoms with E-state index in [9.17, 15) is 5.11 Å². The van der Waals surface area contributed by atoms with Crippen molar-refractivity contribution in [1.82, 2.24) is 4.90 Å². The van der Waals surface area contributed by atoms with Gasteiger partial charge in [0.1, 0.15) is 0 Å². The zero-order valence-electron chi connectivity index (χ0n) is 9.00. The first-order valence-electron chi connectivity index (χ1n) is 5.71. The lowest BCUT2D eigenvalue weighted by atomic mass is 10.0. The molecule has 1 aliphatic heterocycles. The van der Waals surface area contributed by atoms with Crippen LogP contribution in [0.25, 0.3) is 0 Å². The maximum absolute atomic E-state index is 9.93. The quantitative estimate of drug-likeness (QED) is 0.708. The van der Waals surface area contributed by atoms with Gasteiger partial charge in [-0.1, -0.05) is 20.3 Å². The van der Waals surface area contributed by atoms with E-state index in [0.717, 1.165) is 19.3 Å². The van der Waals surface area contributed by atoms with E-state index in [1.807, 2.05) is 0 Å². The molecule has 0 aromatic heterocycles. The van der Waals surface area contributed by atoms with Crippen LogP contribution in [0.15, 0.2) is 0 Å². The van der Waals surface area contributed by atoms with Crippen LogP contribution in [-0.2, 0) is 0 Å². The molecule has 1 rings (SSSR count). The molecule has 1 N–H and O–H groups in total. The molecule has 0 aromatic carbocycles. The first kappa shape index (κ1) is 11.0. The van der Waals surface area contributed by atoms with Crippen LogP contribution in [0.2, 0.25) is 0 Å². The summed E-state index contributed by atoms with van der Waals surface area (Å²) >= 11 is 0. The summed E-state index contributed by atoms with van der Waals surface area (Å²) in [5, 5.41) is 9.93. The van der Waals surface area contributed by atoms with E-state index in [-0.39, 0.29) is 6.10 Å². The van der Waals surface area contributed by atoms with Crippen LogP contribution in [-0.4, -0.2) is 35.2 Å². The van der Waals surface area contributed by atoms with Crippen molar-refractivity contribution in [3.05, 3.63) is 0 Å². The molecule has 0 aliphatic carbocycles. The fourth-order valence-corrected chi connectivity index (χ4v) is 2.34. The van der Waals surface area contributed by atoms with Crippen molar-refractivity contribution in [2.24, 2.45) is 0 Å². The van der Waals surface area contributed by atoms with E-state index in [1.54, 1.807) is 0 Å². The predicted molar refractivity (Wildman–Crippen MR) is 55.8 cm³/mol. The minimum absolute atomic E-state index is 0.104. The van der Waals surface area contributed by atoms with Crippen molar-refractivity contribution >= 4 is 0 Å². The molecule has 2 unspecified atom stereocenters. The van der Waals surface area contributed by atoms with E-state index >= 15 is 0 Å². The Kier molecular flexibility index (Phi) is 4.74. The number of aliphatic hydroxyl groups excluding tert-OH is 1. The van der Waals surface area contributed by atoms with Gasteiger partial charge in [0.2, 0.25) is 0 Å². The van der Waals surface area contributed by atoms with Crippen molar-refractivity contribution in [1.29, 1.82) is 0 Å². The van der Waals surface area contributed by atoms with Gasteiger partial charge in [-0.3, -0.25) is 4.90 Å². The summed E-state index contributed by atoms with van der Waals surface area (Å²) in [5.74, 6) is 0. The van der Waals surface area contributed by atoms with Crippen LogP contribution in [0.4, 0.5) is 0 Å². The summed E-state index contributed by atoms with van der Waals surface area (Å²) in [7, 11) is 0. The number of hydrogen-bond donors (Lipinski definition) is 1. The standard InChI is InChI=1S/C11H23NO/c1-3-7-11(13)10(4-2)12-8-5-6-9-12/h10-11,13H,3-9H2,1-2H3. The van der Waals surface area contributed by atoms with Gasteiger partial charge in [-0.25, -0.2) is 0 Å². The van der Waals surface area contributed by atoms with Crippen LogP contribution in [0.3, 0.4) is 0 Å². The predicted octanol–water partition coefficient (Wildman–Crippen LogP) is 2.02. The Morgan fingerprint density at radius 2 is 1.85 bits per heavy atom. The highest BCUT2D eigenvalue weighted by molar-refractivity contribution is 4.80. The van der Waals surface area contributed by atoms with Crippen molar-refractivity contribution in [3.63, 3.8) is 0 Å². The Morgan fingerprint density at radius 1 is 1.23 bits per heavy atom. The van der Waals surface area contributed by atoms with Gasteiger partial charge >= 0.3 is 0 Å². The smallest absolute Gasteiger partial charge is 0.0695 e. The molecule has 0 amide bonds. The second-order valence-corrected chi connectivity index (χ2v) is 4.07. The molecule has 78 valence electrons. The molecule has 0 radical (unpaired) electrons. The molecule has 1 heterocycles. The van der Waals surface area contributed by atoms with Crippen molar-refractivity contribution in [3.8, 4) is 0 Å². The van der Waals surface area contributed by atoms with Crippen molar-refractivity contribution < 1.29 is 5.11 Å². The fourth-order valence-electron chi connectivity index (χ4n) is 2.34. The normalized spacial score (nSPS) is 23.3. The van der Waals surface area contributed by atoms with E-state index in [1.165, 1.54) is 25.9 Å². The molecule has 1 aliphatic rings. The Bertz CT molecular complexity index is 132. The van der Waals surface area contributed by atoms with Crippen LogP contribution in [0.1, 0.15) is 46.0 Å². The lowest BCUT2D eigenvalue weighted by Gasteiger charge is -2.30. The maximum Gasteiger partial charge on any atom is 0.0695 e. The van der Waals surface area contributed by atoms with Gasteiger partial charge in [0, 0.05) is 6.04 Å². The molecule has 1 fully saturated rings. The van der Waals surface area contributed by atoms with Gasteiger partial charge in [0.25, 0.3) is 0 Å². The topological polar surface area (TPSA) is 23.5 Å². The summed E-state index contributed by atoms with van der Waals surface area (Å²) in [5.41, 5.74) is 0. The lowest BCUT2D eigenvalue weighted by Crippen LogP contribution is -2.41. The Morgan fingerprint density at radius 3 is 2.31 bits per heavy atom. The third-order valence-corrected chi connectivity index (χ3v) is 3.06. The highest BCUT2D eigenvalue weighted by Crippen LogP contribution is 2.18. The molecule has 0 aromatic rings. The molecule has 2 atom stereocenters. The lowest BCUT2D eigenvalue weighted by molar-refractivity contribution is 0.0531. The van der Waals surface area contributed by atoms with Crippen molar-refractivity contribution in [2.75, 3.05) is 13.1 Å². The summed E-state index contributed by atoms with van der Waals surface area (Å²) < 4.78 is 0. The summed E-state index contributed by atoms with van der Waals surface area (Å²) in [4.78, 5) is 2.46. The number of likely N-dealkylation sites (tertiary alicyclic amines) is 1. The second kappa shape index (κ2) is 5.61. The van der Waals surface area contributed by atoms with Crippen LogP contribution in [0, 0.1) is 0 Å². The SMILES string of the molecule is CCCC(O)C(CC)N1CCCC1. The van der Waals surface area contributed by atoms with Crippen LogP contribution in [0.5, 0.6) is 0 Å². The third kappa shape index (κ3) is 2.96. The molecule has 2 heteroatoms. The highest BCUT2D eigenvalue weighted by atomic mass is 16.3. The number of rotatable bonds is 5. The first-order valence-corrected chi connectivity index (χ1v) is 5.71. The van der Waals surface area contributed by atoms with Crippen molar-refractivity contribution in [2.45, 2.75) is 58.1 Å². The van der Waals surface area contributed by atoms with E-state index < -0.39 is 0 Å². The molecule has 0 bridgehead atoms. The van der Waals surface area contributed by atoms with E-state index in [4.69, 9.17) is 0 Å². The van der Waals surface area contributed by atoms with Gasteiger partial charge in [0.05, 0.1) is 6.10 Å². The Hall–Kier alpha value is -0.0800. The van der Waals surface area contributed by atoms with Gasteiger partial charge < -0.3 is 5.11 Å². The monoisotopic (exact) mass is 185 g/mol. The van der Waals surface area contributed by atoms with Gasteiger partial charge in [0.15, 0.2) is 0 Å². The van der Waals surface area contributed by atoms with Gasteiger partial charge in [-0.05, 0) is 38.8 Å². The highest BCUT2D eigenvalue weighted by Gasteiger charge is 2.25. The third-order valence-electron chi connectivity index (χ3n) is 3.06. The molecular formula is C11H23NO. The largest absolute Gasteiger partial charge is 0.391 e. The van der Waals surface area contributed by atoms with Gasteiger partial charge in [-0.15, -0.1) is 0 Å². The molecule has 13 heavy (non-hydrogen) atoms.